The molecule has 110 valence electrons. The Bertz CT molecular complexity index is 522. The molecule has 0 spiro atoms. The van der Waals surface area contributed by atoms with E-state index in [4.69, 9.17) is 4.74 Å². The highest BCUT2D eigenvalue weighted by Gasteiger charge is 2.12. The van der Waals surface area contributed by atoms with Crippen LogP contribution in [-0.2, 0) is 11.2 Å². The van der Waals surface area contributed by atoms with Crippen LogP contribution in [0.5, 0.6) is 0 Å². The van der Waals surface area contributed by atoms with Gasteiger partial charge < -0.3 is 4.74 Å². The normalized spacial score (nSPS) is 19.7. The molecular weight excluding hydrogens is 256 g/mol. The third kappa shape index (κ3) is 4.18. The van der Waals surface area contributed by atoms with Gasteiger partial charge in [-0.25, -0.2) is 0 Å². The summed E-state index contributed by atoms with van der Waals surface area (Å²) in [5, 5.41) is 0. The van der Waals surface area contributed by atoms with Gasteiger partial charge in [0.15, 0.2) is 0 Å². The fourth-order valence-electron chi connectivity index (χ4n) is 3.13. The second-order valence-corrected chi connectivity index (χ2v) is 6.03. The van der Waals surface area contributed by atoms with Gasteiger partial charge in [0.25, 0.3) is 0 Å². The summed E-state index contributed by atoms with van der Waals surface area (Å²) in [6.45, 7) is 1.89. The molecule has 2 aromatic carbocycles. The fraction of sp³-hybridized carbons (Fsp3) is 0.400. The van der Waals surface area contributed by atoms with Crippen molar-refractivity contribution in [1.29, 1.82) is 0 Å². The maximum atomic E-state index is 5.62. The minimum absolute atomic E-state index is 0.785. The van der Waals surface area contributed by atoms with E-state index in [1.807, 2.05) is 0 Å². The van der Waals surface area contributed by atoms with Gasteiger partial charge in [-0.15, -0.1) is 0 Å². The number of hydrogen-bond donors (Lipinski definition) is 0. The smallest absolute Gasteiger partial charge is 0.0468 e. The molecule has 1 aliphatic rings. The molecule has 1 heterocycles. The van der Waals surface area contributed by atoms with Gasteiger partial charge >= 0.3 is 0 Å². The number of rotatable bonds is 3. The van der Waals surface area contributed by atoms with Crippen LogP contribution in [0.25, 0.3) is 11.1 Å². The molecule has 0 aliphatic carbocycles. The highest BCUT2D eigenvalue weighted by Crippen LogP contribution is 2.24. The van der Waals surface area contributed by atoms with E-state index in [1.165, 1.54) is 48.8 Å². The van der Waals surface area contributed by atoms with Crippen molar-refractivity contribution in [2.24, 2.45) is 5.92 Å². The summed E-state index contributed by atoms with van der Waals surface area (Å²) < 4.78 is 5.62. The maximum Gasteiger partial charge on any atom is 0.0468 e. The summed E-state index contributed by atoms with van der Waals surface area (Å²) in [6.07, 6.45) is 6.29. The molecule has 1 fully saturated rings. The molecule has 1 saturated heterocycles. The summed E-state index contributed by atoms with van der Waals surface area (Å²) in [6, 6.07) is 19.7. The molecule has 0 aromatic heterocycles. The summed E-state index contributed by atoms with van der Waals surface area (Å²) in [5.41, 5.74) is 4.06. The van der Waals surface area contributed by atoms with Crippen LogP contribution in [0.1, 0.15) is 31.2 Å². The highest BCUT2D eigenvalue weighted by molar-refractivity contribution is 5.63. The Kier molecular flexibility index (Phi) is 5.07. The quantitative estimate of drug-likeness (QED) is 0.759. The van der Waals surface area contributed by atoms with Crippen molar-refractivity contribution in [2.45, 2.75) is 32.1 Å². The van der Waals surface area contributed by atoms with E-state index in [1.54, 1.807) is 0 Å². The first-order valence-corrected chi connectivity index (χ1v) is 8.14. The van der Waals surface area contributed by atoms with Gasteiger partial charge in [-0.1, -0.05) is 61.0 Å². The Morgan fingerprint density at radius 2 is 1.52 bits per heavy atom. The molecule has 1 nitrogen and oxygen atoms in total. The second-order valence-electron chi connectivity index (χ2n) is 6.03. The van der Waals surface area contributed by atoms with Crippen molar-refractivity contribution in [1.82, 2.24) is 0 Å². The monoisotopic (exact) mass is 280 g/mol. The van der Waals surface area contributed by atoms with Crippen LogP contribution >= 0.6 is 0 Å². The fourth-order valence-corrected chi connectivity index (χ4v) is 3.13. The molecular formula is C20H24O. The molecule has 1 aliphatic heterocycles. The summed E-state index contributed by atoms with van der Waals surface area (Å²) in [5.74, 6) is 0.785. The lowest BCUT2D eigenvalue weighted by atomic mass is 9.90. The van der Waals surface area contributed by atoms with E-state index < -0.39 is 0 Å². The lowest BCUT2D eigenvalue weighted by molar-refractivity contribution is 0.100. The number of ether oxygens (including phenoxy) is 1. The van der Waals surface area contributed by atoms with Gasteiger partial charge in [0.1, 0.15) is 0 Å². The minimum Gasteiger partial charge on any atom is -0.381 e. The van der Waals surface area contributed by atoms with E-state index in [9.17, 15) is 0 Å². The first kappa shape index (κ1) is 14.3. The topological polar surface area (TPSA) is 9.23 Å². The van der Waals surface area contributed by atoms with Crippen LogP contribution in [0, 0.1) is 5.92 Å². The molecule has 0 amide bonds. The third-order valence-corrected chi connectivity index (χ3v) is 4.41. The lowest BCUT2D eigenvalue weighted by Gasteiger charge is -2.20. The average Bonchev–Trinajstić information content (AvgIpc) is 2.51. The zero-order chi connectivity index (χ0) is 14.3. The molecule has 21 heavy (non-hydrogen) atoms. The van der Waals surface area contributed by atoms with Gasteiger partial charge in [0, 0.05) is 13.2 Å². The second kappa shape index (κ2) is 7.42. The highest BCUT2D eigenvalue weighted by atomic mass is 16.5. The van der Waals surface area contributed by atoms with Crippen molar-refractivity contribution in [3.8, 4) is 11.1 Å². The Balaban J connectivity index is 1.64. The zero-order valence-electron chi connectivity index (χ0n) is 12.6. The molecule has 1 heteroatoms. The largest absolute Gasteiger partial charge is 0.381 e. The number of hydrogen-bond acceptors (Lipinski definition) is 1. The predicted molar refractivity (Wildman–Crippen MR) is 88.4 cm³/mol. The Morgan fingerprint density at radius 1 is 0.762 bits per heavy atom. The van der Waals surface area contributed by atoms with Gasteiger partial charge in [-0.2, -0.15) is 0 Å². The Morgan fingerprint density at radius 3 is 2.33 bits per heavy atom. The lowest BCUT2D eigenvalue weighted by Crippen LogP contribution is -2.12. The van der Waals surface area contributed by atoms with E-state index in [2.05, 4.69) is 54.6 Å². The van der Waals surface area contributed by atoms with E-state index in [0.717, 1.165) is 19.1 Å². The van der Waals surface area contributed by atoms with Crippen LogP contribution < -0.4 is 0 Å². The summed E-state index contributed by atoms with van der Waals surface area (Å²) in [4.78, 5) is 0. The van der Waals surface area contributed by atoms with Crippen LogP contribution in [-0.4, -0.2) is 13.2 Å². The Hall–Kier alpha value is -1.60. The molecule has 0 bridgehead atoms. The first-order chi connectivity index (χ1) is 10.4. The van der Waals surface area contributed by atoms with Crippen LogP contribution in [0.15, 0.2) is 54.6 Å². The van der Waals surface area contributed by atoms with Crippen molar-refractivity contribution in [3.05, 3.63) is 60.2 Å². The molecule has 0 radical (unpaired) electrons. The zero-order valence-corrected chi connectivity index (χ0v) is 12.6. The van der Waals surface area contributed by atoms with Crippen molar-refractivity contribution < 1.29 is 4.74 Å². The first-order valence-electron chi connectivity index (χ1n) is 8.14. The molecule has 2 aromatic rings. The summed E-state index contributed by atoms with van der Waals surface area (Å²) in [7, 11) is 0. The molecule has 1 atom stereocenters. The third-order valence-electron chi connectivity index (χ3n) is 4.41. The number of benzene rings is 2. The predicted octanol–water partition coefficient (Wildman–Crippen LogP) is 5.10. The molecule has 3 rings (SSSR count). The van der Waals surface area contributed by atoms with Gasteiger partial charge in [0.2, 0.25) is 0 Å². The molecule has 1 unspecified atom stereocenters. The summed E-state index contributed by atoms with van der Waals surface area (Å²) >= 11 is 0. The van der Waals surface area contributed by atoms with Crippen molar-refractivity contribution in [2.75, 3.05) is 13.2 Å². The van der Waals surface area contributed by atoms with Gasteiger partial charge in [0.05, 0.1) is 0 Å². The van der Waals surface area contributed by atoms with Crippen molar-refractivity contribution in [3.63, 3.8) is 0 Å². The SMILES string of the molecule is c1ccc(-c2ccc(CC3CCCCOCC3)cc2)cc1. The molecule has 0 saturated carbocycles. The Labute approximate surface area is 128 Å². The van der Waals surface area contributed by atoms with E-state index in [-0.39, 0.29) is 0 Å². The molecule has 0 N–H and O–H groups in total. The van der Waals surface area contributed by atoms with Crippen LogP contribution in [0.4, 0.5) is 0 Å². The average molecular weight is 280 g/mol. The van der Waals surface area contributed by atoms with Gasteiger partial charge in [-0.05, 0) is 48.3 Å². The van der Waals surface area contributed by atoms with Crippen molar-refractivity contribution >= 4 is 0 Å². The van der Waals surface area contributed by atoms with E-state index >= 15 is 0 Å². The van der Waals surface area contributed by atoms with Crippen LogP contribution in [0.2, 0.25) is 0 Å². The van der Waals surface area contributed by atoms with E-state index in [0.29, 0.717) is 0 Å². The van der Waals surface area contributed by atoms with Gasteiger partial charge in [-0.3, -0.25) is 0 Å². The minimum atomic E-state index is 0.785. The maximum absolute atomic E-state index is 5.62. The van der Waals surface area contributed by atoms with Crippen LogP contribution in [0.3, 0.4) is 0 Å². The standard InChI is InChI=1S/C20H24O/c1-2-7-19(8-3-1)20-11-9-18(10-12-20)16-17-6-4-5-14-21-15-13-17/h1-3,7-12,17H,4-6,13-16H2.